The number of halogens is 2. The van der Waals surface area contributed by atoms with Gasteiger partial charge in [-0.15, -0.1) is 12.4 Å². The summed E-state index contributed by atoms with van der Waals surface area (Å²) in [6, 6.07) is 12.8. The van der Waals surface area contributed by atoms with Crippen LogP contribution in [-0.2, 0) is 0 Å². The molecular formula is C21H23Cl2N3O3. The number of carbonyl (C=O) groups excluding carboxylic acids is 1. The van der Waals surface area contributed by atoms with Crippen LogP contribution in [0, 0.1) is 6.92 Å². The van der Waals surface area contributed by atoms with Gasteiger partial charge < -0.3 is 14.3 Å². The van der Waals surface area contributed by atoms with Crippen LogP contribution in [0.5, 0.6) is 0 Å². The number of amides is 1. The minimum atomic E-state index is -0.267. The summed E-state index contributed by atoms with van der Waals surface area (Å²) in [5, 5.41) is 7.52. The molecule has 1 amide bonds. The molecule has 4 rings (SSSR count). The lowest BCUT2D eigenvalue weighted by Crippen LogP contribution is -2.36. The maximum absolute atomic E-state index is 12.6. The molecule has 8 heteroatoms. The highest BCUT2D eigenvalue weighted by Crippen LogP contribution is 2.26. The molecule has 0 radical (unpaired) electrons. The first kappa shape index (κ1) is 21.4. The Bertz CT molecular complexity index is 946. The average Bonchev–Trinajstić information content (AvgIpc) is 3.44. The van der Waals surface area contributed by atoms with E-state index in [4.69, 9.17) is 20.5 Å². The summed E-state index contributed by atoms with van der Waals surface area (Å²) in [5.41, 5.74) is 1.07. The van der Waals surface area contributed by atoms with Gasteiger partial charge in [-0.05, 0) is 69.3 Å². The molecule has 1 saturated heterocycles. The van der Waals surface area contributed by atoms with Gasteiger partial charge in [-0.1, -0.05) is 16.8 Å². The molecule has 154 valence electrons. The molecule has 2 aromatic heterocycles. The summed E-state index contributed by atoms with van der Waals surface area (Å²) in [4.78, 5) is 14.9. The number of aryl methyl sites for hydroxylation is 1. The average molecular weight is 436 g/mol. The molecule has 1 aliphatic heterocycles. The van der Waals surface area contributed by atoms with Gasteiger partial charge in [0.25, 0.3) is 5.91 Å². The Morgan fingerprint density at radius 3 is 2.59 bits per heavy atom. The van der Waals surface area contributed by atoms with Gasteiger partial charge >= 0.3 is 0 Å². The Labute approximate surface area is 180 Å². The van der Waals surface area contributed by atoms with Crippen LogP contribution in [0.3, 0.4) is 0 Å². The van der Waals surface area contributed by atoms with E-state index in [9.17, 15) is 4.79 Å². The topological polar surface area (TPSA) is 71.5 Å². The van der Waals surface area contributed by atoms with Crippen molar-refractivity contribution < 1.29 is 13.7 Å². The zero-order chi connectivity index (χ0) is 19.5. The van der Waals surface area contributed by atoms with E-state index in [1.165, 1.54) is 0 Å². The molecule has 3 aromatic rings. The summed E-state index contributed by atoms with van der Waals surface area (Å²) < 4.78 is 11.2. The highest BCUT2D eigenvalue weighted by atomic mass is 35.5. The van der Waals surface area contributed by atoms with Gasteiger partial charge in [0.15, 0.2) is 11.5 Å². The SMILES string of the molecule is Cc1ccc(C(CNC(=O)c2cc(-c3ccc(Cl)cc3)on2)N2CCCC2)o1.Cl. The third-order valence-corrected chi connectivity index (χ3v) is 5.25. The number of rotatable bonds is 6. The van der Waals surface area contributed by atoms with Crippen molar-refractivity contribution in [1.29, 1.82) is 0 Å². The smallest absolute Gasteiger partial charge is 0.273 e. The lowest BCUT2D eigenvalue weighted by atomic mass is 10.1. The van der Waals surface area contributed by atoms with Crippen LogP contribution in [-0.4, -0.2) is 35.6 Å². The normalized spacial score (nSPS) is 15.1. The minimum absolute atomic E-state index is 0. The van der Waals surface area contributed by atoms with Gasteiger partial charge in [-0.3, -0.25) is 9.69 Å². The van der Waals surface area contributed by atoms with Crippen molar-refractivity contribution in [3.8, 4) is 11.3 Å². The molecule has 3 heterocycles. The van der Waals surface area contributed by atoms with Crippen LogP contribution in [0.2, 0.25) is 5.02 Å². The predicted octanol–water partition coefficient (Wildman–Crippen LogP) is 4.89. The van der Waals surface area contributed by atoms with Crippen molar-refractivity contribution in [2.75, 3.05) is 19.6 Å². The van der Waals surface area contributed by atoms with E-state index in [2.05, 4.69) is 15.4 Å². The molecule has 1 unspecified atom stereocenters. The van der Waals surface area contributed by atoms with Crippen molar-refractivity contribution >= 4 is 29.9 Å². The molecule has 1 aromatic carbocycles. The fourth-order valence-corrected chi connectivity index (χ4v) is 3.63. The van der Waals surface area contributed by atoms with Crippen molar-refractivity contribution in [2.45, 2.75) is 25.8 Å². The van der Waals surface area contributed by atoms with E-state index in [0.29, 0.717) is 17.3 Å². The van der Waals surface area contributed by atoms with Crippen LogP contribution in [0.25, 0.3) is 11.3 Å². The van der Waals surface area contributed by atoms with Crippen LogP contribution in [0.4, 0.5) is 0 Å². The van der Waals surface area contributed by atoms with Crippen molar-refractivity contribution in [3.63, 3.8) is 0 Å². The van der Waals surface area contributed by atoms with Gasteiger partial charge in [-0.2, -0.15) is 0 Å². The molecule has 1 atom stereocenters. The summed E-state index contributed by atoms with van der Waals surface area (Å²) >= 11 is 5.91. The van der Waals surface area contributed by atoms with Gasteiger partial charge in [0.05, 0.1) is 6.04 Å². The number of hydrogen-bond donors (Lipinski definition) is 1. The van der Waals surface area contributed by atoms with E-state index in [1.54, 1.807) is 18.2 Å². The fraction of sp³-hybridized carbons (Fsp3) is 0.333. The van der Waals surface area contributed by atoms with Crippen molar-refractivity contribution in [3.05, 3.63) is 64.7 Å². The number of carbonyl (C=O) groups is 1. The number of likely N-dealkylation sites (tertiary alicyclic amines) is 1. The Morgan fingerprint density at radius 2 is 1.93 bits per heavy atom. The highest BCUT2D eigenvalue weighted by molar-refractivity contribution is 6.30. The first-order valence-corrected chi connectivity index (χ1v) is 9.79. The van der Waals surface area contributed by atoms with Crippen LogP contribution >= 0.6 is 24.0 Å². The third kappa shape index (κ3) is 5.01. The standard InChI is InChI=1S/C21H22ClN3O3.ClH/c1-14-4-9-19(27-14)18(25-10-2-3-11-25)13-23-21(26)17-12-20(28-24-17)15-5-7-16(22)8-6-15;/h4-9,12,18H,2-3,10-11,13H2,1H3,(H,23,26);1H. The third-order valence-electron chi connectivity index (χ3n) is 5.00. The Kier molecular flexibility index (Phi) is 7.00. The Balaban J connectivity index is 0.00000240. The van der Waals surface area contributed by atoms with E-state index < -0.39 is 0 Å². The second kappa shape index (κ2) is 9.48. The Hall–Kier alpha value is -2.28. The summed E-state index contributed by atoms with van der Waals surface area (Å²) in [6.45, 7) is 4.39. The van der Waals surface area contributed by atoms with Crippen molar-refractivity contribution in [1.82, 2.24) is 15.4 Å². The maximum atomic E-state index is 12.6. The zero-order valence-corrected chi connectivity index (χ0v) is 17.6. The summed E-state index contributed by atoms with van der Waals surface area (Å²) in [5.74, 6) is 2.01. The molecule has 6 nitrogen and oxygen atoms in total. The lowest BCUT2D eigenvalue weighted by Gasteiger charge is -2.25. The number of hydrogen-bond acceptors (Lipinski definition) is 5. The second-order valence-electron chi connectivity index (χ2n) is 7.00. The highest BCUT2D eigenvalue weighted by Gasteiger charge is 2.27. The monoisotopic (exact) mass is 435 g/mol. The molecular weight excluding hydrogens is 413 g/mol. The maximum Gasteiger partial charge on any atom is 0.273 e. The molecule has 1 aliphatic rings. The van der Waals surface area contributed by atoms with Crippen molar-refractivity contribution in [2.24, 2.45) is 0 Å². The van der Waals surface area contributed by atoms with Gasteiger partial charge in [0.1, 0.15) is 11.5 Å². The molecule has 29 heavy (non-hydrogen) atoms. The molecule has 1 fully saturated rings. The number of nitrogens with zero attached hydrogens (tertiary/aromatic N) is 2. The molecule has 0 aliphatic carbocycles. The first-order valence-electron chi connectivity index (χ1n) is 9.41. The molecule has 0 spiro atoms. The quantitative estimate of drug-likeness (QED) is 0.596. The summed E-state index contributed by atoms with van der Waals surface area (Å²) in [7, 11) is 0. The molecule has 1 N–H and O–H groups in total. The van der Waals surface area contributed by atoms with E-state index in [-0.39, 0.29) is 30.0 Å². The molecule has 0 bridgehead atoms. The second-order valence-corrected chi connectivity index (χ2v) is 7.44. The lowest BCUT2D eigenvalue weighted by molar-refractivity contribution is 0.0924. The summed E-state index contributed by atoms with van der Waals surface area (Å²) in [6.07, 6.45) is 2.33. The predicted molar refractivity (Wildman–Crippen MR) is 114 cm³/mol. The first-order chi connectivity index (χ1) is 13.6. The zero-order valence-electron chi connectivity index (χ0n) is 16.1. The van der Waals surface area contributed by atoms with Gasteiger partial charge in [0, 0.05) is 23.2 Å². The van der Waals surface area contributed by atoms with Crippen LogP contribution in [0.1, 0.15) is 40.9 Å². The minimum Gasteiger partial charge on any atom is -0.465 e. The molecule has 0 saturated carbocycles. The van der Waals surface area contributed by atoms with E-state index in [1.807, 2.05) is 31.2 Å². The fourth-order valence-electron chi connectivity index (χ4n) is 3.51. The Morgan fingerprint density at radius 1 is 1.21 bits per heavy atom. The number of benzene rings is 1. The van der Waals surface area contributed by atoms with Gasteiger partial charge in [0.2, 0.25) is 0 Å². The van der Waals surface area contributed by atoms with E-state index in [0.717, 1.165) is 43.0 Å². The largest absolute Gasteiger partial charge is 0.465 e. The number of nitrogens with one attached hydrogen (secondary N) is 1. The number of furan rings is 1. The van der Waals surface area contributed by atoms with Crippen LogP contribution < -0.4 is 5.32 Å². The van der Waals surface area contributed by atoms with Crippen LogP contribution in [0.15, 0.2) is 51.4 Å². The van der Waals surface area contributed by atoms with Gasteiger partial charge in [-0.25, -0.2) is 0 Å². The number of aromatic nitrogens is 1. The van der Waals surface area contributed by atoms with E-state index >= 15 is 0 Å².